The van der Waals surface area contributed by atoms with Crippen LogP contribution in [0.4, 0.5) is 11.4 Å². The van der Waals surface area contributed by atoms with Crippen LogP contribution in [0.5, 0.6) is 11.5 Å². The summed E-state index contributed by atoms with van der Waals surface area (Å²) in [7, 11) is 2.80. The third-order valence-electron chi connectivity index (χ3n) is 5.62. The lowest BCUT2D eigenvalue weighted by Gasteiger charge is -2.25. The molecule has 2 heterocycles. The number of ether oxygens (including phenoxy) is 2. The van der Waals surface area contributed by atoms with E-state index >= 15 is 0 Å². The summed E-state index contributed by atoms with van der Waals surface area (Å²) in [6.45, 7) is 1.36. The number of Topliss-reactive ketones (excluding diaryl/α,β-unsaturated/α-hetero) is 1. The highest BCUT2D eigenvalue weighted by Gasteiger charge is 2.47. The van der Waals surface area contributed by atoms with Crippen LogP contribution >= 0.6 is 11.6 Å². The highest BCUT2D eigenvalue weighted by atomic mass is 35.5. The number of ketones is 1. The van der Waals surface area contributed by atoms with E-state index in [1.807, 2.05) is 0 Å². The van der Waals surface area contributed by atoms with Gasteiger partial charge in [-0.1, -0.05) is 23.7 Å². The molecule has 0 radical (unpaired) electrons. The molecule has 1 saturated heterocycles. The van der Waals surface area contributed by atoms with Gasteiger partial charge in [0.15, 0.2) is 0 Å². The van der Waals surface area contributed by atoms with Crippen molar-refractivity contribution in [2.45, 2.75) is 13.0 Å². The zero-order chi connectivity index (χ0) is 26.0. The first kappa shape index (κ1) is 24.7. The molecule has 0 bridgehead atoms. The normalized spacial score (nSPS) is 16.7. The molecule has 9 nitrogen and oxygen atoms in total. The van der Waals surface area contributed by atoms with Gasteiger partial charge in [0.05, 0.1) is 36.4 Å². The van der Waals surface area contributed by atoms with Crippen LogP contribution in [0, 0.1) is 0 Å². The van der Waals surface area contributed by atoms with Crippen molar-refractivity contribution in [3.8, 4) is 11.5 Å². The van der Waals surface area contributed by atoms with Crippen molar-refractivity contribution in [3.63, 3.8) is 0 Å². The average molecular weight is 508 g/mol. The van der Waals surface area contributed by atoms with Crippen LogP contribution < -0.4 is 19.7 Å². The number of hydrogen-bond donors (Lipinski definition) is 2. The Balaban J connectivity index is 1.96. The summed E-state index contributed by atoms with van der Waals surface area (Å²) in [4.78, 5) is 43.7. The zero-order valence-electron chi connectivity index (χ0n) is 19.6. The van der Waals surface area contributed by atoms with Gasteiger partial charge < -0.3 is 19.9 Å². The molecule has 2 amide bonds. The van der Waals surface area contributed by atoms with E-state index in [4.69, 9.17) is 21.1 Å². The molecule has 184 valence electrons. The molecule has 1 aromatic heterocycles. The molecule has 1 unspecified atom stereocenters. The SMILES string of the molecule is COc1cc(/C(O)=C2\C(=O)C(=O)N(c3cccc(NC(C)=O)c3)C2c2cccnc2)c(OC)cc1Cl. The van der Waals surface area contributed by atoms with Gasteiger partial charge in [-0.15, -0.1) is 0 Å². The standard InChI is InChI=1S/C26H22ClN3O6/c1-14(31)29-16-7-4-8-17(10-16)30-23(15-6-5-9-28-13-15)22(25(33)26(30)34)24(32)18-11-21(36-3)19(27)12-20(18)35-2/h4-13,23,32H,1-3H3,(H,29,31)/b24-22+. The van der Waals surface area contributed by atoms with Crippen LogP contribution in [0.2, 0.25) is 5.02 Å². The molecular weight excluding hydrogens is 486 g/mol. The third-order valence-corrected chi connectivity index (χ3v) is 5.91. The summed E-state index contributed by atoms with van der Waals surface area (Å²) in [6.07, 6.45) is 3.06. The topological polar surface area (TPSA) is 118 Å². The lowest BCUT2D eigenvalue weighted by molar-refractivity contribution is -0.132. The molecule has 0 aliphatic carbocycles. The van der Waals surface area contributed by atoms with Crippen molar-refractivity contribution in [2.24, 2.45) is 0 Å². The number of carbonyl (C=O) groups excluding carboxylic acids is 3. The first-order valence-corrected chi connectivity index (χ1v) is 11.1. The van der Waals surface area contributed by atoms with Crippen molar-refractivity contribution in [3.05, 3.63) is 82.6 Å². The number of aliphatic hydroxyl groups is 1. The van der Waals surface area contributed by atoms with Gasteiger partial charge in [-0.25, -0.2) is 0 Å². The van der Waals surface area contributed by atoms with E-state index in [1.165, 1.54) is 44.4 Å². The average Bonchev–Trinajstić information content (AvgIpc) is 3.14. The Bertz CT molecular complexity index is 1390. The molecule has 1 fully saturated rings. The fourth-order valence-electron chi connectivity index (χ4n) is 4.08. The van der Waals surface area contributed by atoms with Gasteiger partial charge in [0.2, 0.25) is 5.91 Å². The number of carbonyl (C=O) groups is 3. The van der Waals surface area contributed by atoms with Crippen molar-refractivity contribution >= 4 is 46.3 Å². The number of methoxy groups -OCH3 is 2. The molecule has 2 aromatic carbocycles. The number of aromatic nitrogens is 1. The highest BCUT2D eigenvalue weighted by Crippen LogP contribution is 2.44. The molecule has 0 saturated carbocycles. The van der Waals surface area contributed by atoms with Gasteiger partial charge >= 0.3 is 0 Å². The minimum atomic E-state index is -1.02. The molecule has 10 heteroatoms. The summed E-state index contributed by atoms with van der Waals surface area (Å²) in [5.74, 6) is -2.08. The molecule has 0 spiro atoms. The summed E-state index contributed by atoms with van der Waals surface area (Å²) < 4.78 is 10.6. The van der Waals surface area contributed by atoms with E-state index in [9.17, 15) is 19.5 Å². The number of anilines is 2. The van der Waals surface area contributed by atoms with Crippen molar-refractivity contribution in [1.82, 2.24) is 4.98 Å². The fraction of sp³-hybridized carbons (Fsp3) is 0.154. The van der Waals surface area contributed by atoms with E-state index in [0.717, 1.165) is 0 Å². The fourth-order valence-corrected chi connectivity index (χ4v) is 4.31. The van der Waals surface area contributed by atoms with Crippen LogP contribution in [0.15, 0.2) is 66.5 Å². The van der Waals surface area contributed by atoms with Crippen LogP contribution in [-0.4, -0.2) is 41.9 Å². The molecule has 4 rings (SSSR count). The molecule has 3 aromatic rings. The predicted octanol–water partition coefficient (Wildman–Crippen LogP) is 4.34. The lowest BCUT2D eigenvalue weighted by Crippen LogP contribution is -2.29. The minimum absolute atomic E-state index is 0.123. The lowest BCUT2D eigenvalue weighted by atomic mass is 9.95. The maximum Gasteiger partial charge on any atom is 0.300 e. The summed E-state index contributed by atoms with van der Waals surface area (Å²) in [6, 6.07) is 11.7. The van der Waals surface area contributed by atoms with E-state index in [2.05, 4.69) is 10.3 Å². The van der Waals surface area contributed by atoms with E-state index in [0.29, 0.717) is 16.9 Å². The first-order chi connectivity index (χ1) is 17.3. The van der Waals surface area contributed by atoms with Crippen LogP contribution in [0.3, 0.4) is 0 Å². The quantitative estimate of drug-likeness (QED) is 0.289. The van der Waals surface area contributed by atoms with E-state index < -0.39 is 23.5 Å². The van der Waals surface area contributed by atoms with E-state index in [-0.39, 0.29) is 33.6 Å². The molecule has 2 N–H and O–H groups in total. The number of nitrogens with zero attached hydrogens (tertiary/aromatic N) is 2. The Morgan fingerprint density at radius 2 is 1.83 bits per heavy atom. The smallest absolute Gasteiger partial charge is 0.300 e. The Morgan fingerprint density at radius 3 is 2.47 bits per heavy atom. The Hall–Kier alpha value is -4.37. The van der Waals surface area contributed by atoms with Crippen molar-refractivity contribution in [1.29, 1.82) is 0 Å². The Labute approximate surface area is 211 Å². The highest BCUT2D eigenvalue weighted by molar-refractivity contribution is 6.51. The molecular formula is C26H22ClN3O6. The maximum absolute atomic E-state index is 13.4. The molecule has 1 atom stereocenters. The number of benzene rings is 2. The molecule has 1 aliphatic heterocycles. The van der Waals surface area contributed by atoms with Gasteiger partial charge in [0.25, 0.3) is 11.7 Å². The predicted molar refractivity (Wildman–Crippen MR) is 134 cm³/mol. The van der Waals surface area contributed by atoms with Gasteiger partial charge in [-0.2, -0.15) is 0 Å². The van der Waals surface area contributed by atoms with Crippen molar-refractivity contribution < 1.29 is 29.0 Å². The zero-order valence-corrected chi connectivity index (χ0v) is 20.4. The van der Waals surface area contributed by atoms with Crippen molar-refractivity contribution in [2.75, 3.05) is 24.4 Å². The second-order valence-electron chi connectivity index (χ2n) is 7.87. The number of rotatable bonds is 6. The Kier molecular flexibility index (Phi) is 6.93. The second-order valence-corrected chi connectivity index (χ2v) is 8.28. The number of aliphatic hydroxyl groups excluding tert-OH is 1. The second kappa shape index (κ2) is 10.1. The summed E-state index contributed by atoms with van der Waals surface area (Å²) in [5.41, 5.74) is 1.23. The van der Waals surface area contributed by atoms with Gasteiger partial charge in [0.1, 0.15) is 17.3 Å². The number of hydrogen-bond acceptors (Lipinski definition) is 7. The number of nitrogens with one attached hydrogen (secondary N) is 1. The number of amides is 2. The maximum atomic E-state index is 13.4. The number of pyridine rings is 1. The summed E-state index contributed by atoms with van der Waals surface area (Å²) >= 11 is 6.20. The largest absolute Gasteiger partial charge is 0.507 e. The van der Waals surface area contributed by atoms with Gasteiger partial charge in [-0.05, 0) is 35.9 Å². The first-order valence-electron chi connectivity index (χ1n) is 10.8. The van der Waals surface area contributed by atoms with Crippen LogP contribution in [-0.2, 0) is 14.4 Å². The monoisotopic (exact) mass is 507 g/mol. The molecule has 1 aliphatic rings. The van der Waals surface area contributed by atoms with Crippen LogP contribution in [0.25, 0.3) is 5.76 Å². The third kappa shape index (κ3) is 4.48. The number of halogens is 1. The van der Waals surface area contributed by atoms with Gasteiger partial charge in [-0.3, -0.25) is 24.3 Å². The van der Waals surface area contributed by atoms with Gasteiger partial charge in [0, 0.05) is 36.8 Å². The molecule has 36 heavy (non-hydrogen) atoms. The Morgan fingerprint density at radius 1 is 1.08 bits per heavy atom. The minimum Gasteiger partial charge on any atom is -0.507 e. The van der Waals surface area contributed by atoms with Crippen LogP contribution in [0.1, 0.15) is 24.1 Å². The summed E-state index contributed by atoms with van der Waals surface area (Å²) in [5, 5.41) is 14.3. The van der Waals surface area contributed by atoms with E-state index in [1.54, 1.807) is 42.6 Å².